The molecule has 150 valence electrons. The van der Waals surface area contributed by atoms with Crippen molar-refractivity contribution in [3.8, 4) is 11.5 Å². The van der Waals surface area contributed by atoms with Crippen molar-refractivity contribution < 1.29 is 31.8 Å². The largest absolute Gasteiger partial charge is 0.435 e. The number of ketones is 1. The van der Waals surface area contributed by atoms with Crippen molar-refractivity contribution in [1.29, 1.82) is 0 Å². The maximum absolute atomic E-state index is 12.6. The Morgan fingerprint density at radius 3 is 2.46 bits per heavy atom. The van der Waals surface area contributed by atoms with Gasteiger partial charge < -0.3 is 14.5 Å². The summed E-state index contributed by atoms with van der Waals surface area (Å²) in [7, 11) is 0. The van der Waals surface area contributed by atoms with Gasteiger partial charge in [0.05, 0.1) is 22.3 Å². The predicted octanol–water partition coefficient (Wildman–Crippen LogP) is 5.32. The Balaban J connectivity index is 0.00000280. The number of halogens is 5. The molecule has 0 unspecified atom stereocenters. The zero-order valence-corrected chi connectivity index (χ0v) is 16.4. The van der Waals surface area contributed by atoms with Crippen LogP contribution < -0.4 is 9.47 Å². The maximum atomic E-state index is 12.6. The summed E-state index contributed by atoms with van der Waals surface area (Å²) in [6, 6.07) is 10.3. The number of benzene rings is 2. The monoisotopic (exact) mass is 480 g/mol. The lowest BCUT2D eigenvalue weighted by Gasteiger charge is -2.12. The molecule has 28 heavy (non-hydrogen) atoms. The van der Waals surface area contributed by atoms with Crippen LogP contribution in [-0.4, -0.2) is 34.7 Å². The number of Topliss-reactive ketones (excluding diaryl/α,β-unsaturated/α-hetero) is 1. The van der Waals surface area contributed by atoms with E-state index in [1.54, 1.807) is 6.07 Å². The molecule has 1 aromatic heterocycles. The first-order valence-electron chi connectivity index (χ1n) is 7.57. The minimum atomic E-state index is -3.22. The number of H-pyrrole nitrogens is 1. The molecule has 0 aliphatic rings. The molecule has 0 saturated carbocycles. The number of carbonyl (C=O) groups is 1. The zero-order valence-electron chi connectivity index (χ0n) is 13.9. The lowest BCUT2D eigenvalue weighted by molar-refractivity contribution is -0.0544. The molecule has 0 amide bonds. The number of nitrogens with zero attached hydrogens (tertiary/aromatic N) is 1. The zero-order chi connectivity index (χ0) is 19.4. The van der Waals surface area contributed by atoms with Gasteiger partial charge in [-0.1, -0.05) is 23.9 Å². The van der Waals surface area contributed by atoms with E-state index in [9.17, 15) is 22.4 Å². The van der Waals surface area contributed by atoms with Crippen LogP contribution in [-0.2, 0) is 0 Å². The molecule has 3 rings (SSSR count). The van der Waals surface area contributed by atoms with Crippen LogP contribution in [0.15, 0.2) is 47.6 Å². The molecule has 2 aromatic carbocycles. The fourth-order valence-corrected chi connectivity index (χ4v) is 3.08. The second kappa shape index (κ2) is 9.78. The maximum Gasteiger partial charge on any atom is 0.387 e. The van der Waals surface area contributed by atoms with E-state index in [-0.39, 0.29) is 34.0 Å². The highest BCUT2D eigenvalue weighted by Crippen LogP contribution is 2.29. The molecule has 0 fully saturated rings. The van der Waals surface area contributed by atoms with Crippen molar-refractivity contribution in [2.75, 3.05) is 5.75 Å². The molecule has 0 aliphatic heterocycles. The molecular formula is C17H13BrF4N2O3S. The summed E-state index contributed by atoms with van der Waals surface area (Å²) in [6.07, 6.45) is 0. The highest BCUT2D eigenvalue weighted by molar-refractivity contribution is 8.93. The van der Waals surface area contributed by atoms with Crippen molar-refractivity contribution in [2.24, 2.45) is 0 Å². The van der Waals surface area contributed by atoms with Crippen LogP contribution in [0.2, 0.25) is 0 Å². The molecule has 11 heteroatoms. The number of imidazole rings is 1. The lowest BCUT2D eigenvalue weighted by atomic mass is 10.1. The second-order valence-electron chi connectivity index (χ2n) is 5.19. The van der Waals surface area contributed by atoms with Gasteiger partial charge in [0.15, 0.2) is 10.9 Å². The number of aromatic amines is 1. The van der Waals surface area contributed by atoms with E-state index in [1.807, 2.05) is 18.2 Å². The molecule has 1 heterocycles. The molecule has 5 nitrogen and oxygen atoms in total. The standard InChI is InChI=1S/C17H12F4N2O3S.BrH/c18-15(19)25-9-5-6-10(14(7-9)26-16(20)21)13(24)8-27-17-22-11-3-1-2-4-12(11)23-17;/h1-7,15-16H,8H2,(H,22,23);1H. The number of hydrogen-bond donors (Lipinski definition) is 1. The molecule has 0 saturated heterocycles. The van der Waals surface area contributed by atoms with Crippen molar-refractivity contribution >= 4 is 45.6 Å². The Hall–Kier alpha value is -2.27. The van der Waals surface area contributed by atoms with Gasteiger partial charge in [-0.25, -0.2) is 4.98 Å². The van der Waals surface area contributed by atoms with Crippen molar-refractivity contribution in [2.45, 2.75) is 18.4 Å². The third-order valence-electron chi connectivity index (χ3n) is 3.40. The van der Waals surface area contributed by atoms with Gasteiger partial charge in [0.2, 0.25) is 0 Å². The predicted molar refractivity (Wildman–Crippen MR) is 101 cm³/mol. The van der Waals surface area contributed by atoms with Gasteiger partial charge in [0.25, 0.3) is 0 Å². The molecule has 0 bridgehead atoms. The van der Waals surface area contributed by atoms with Crippen LogP contribution in [0.4, 0.5) is 17.6 Å². The van der Waals surface area contributed by atoms with Crippen LogP contribution in [0.1, 0.15) is 10.4 Å². The Kier molecular flexibility index (Phi) is 7.69. The number of alkyl halides is 4. The summed E-state index contributed by atoms with van der Waals surface area (Å²) in [6.45, 7) is -6.35. The van der Waals surface area contributed by atoms with Crippen molar-refractivity contribution in [1.82, 2.24) is 9.97 Å². The number of aromatic nitrogens is 2. The summed E-state index contributed by atoms with van der Waals surface area (Å²) in [5, 5.41) is 0.485. The quantitative estimate of drug-likeness (QED) is 0.268. The number of nitrogens with one attached hydrogen (secondary N) is 1. The van der Waals surface area contributed by atoms with E-state index in [4.69, 9.17) is 0 Å². The highest BCUT2D eigenvalue weighted by Gasteiger charge is 2.19. The third-order valence-corrected chi connectivity index (χ3v) is 4.28. The Morgan fingerprint density at radius 2 is 1.79 bits per heavy atom. The third kappa shape index (κ3) is 5.61. The topological polar surface area (TPSA) is 64.2 Å². The van der Waals surface area contributed by atoms with Crippen LogP contribution >= 0.6 is 28.7 Å². The Bertz CT molecular complexity index is 922. The van der Waals surface area contributed by atoms with E-state index < -0.39 is 24.8 Å². The number of thioether (sulfide) groups is 1. The minimum Gasteiger partial charge on any atom is -0.435 e. The first-order chi connectivity index (χ1) is 12.9. The van der Waals surface area contributed by atoms with Crippen LogP contribution in [0, 0.1) is 0 Å². The minimum absolute atomic E-state index is 0. The summed E-state index contributed by atoms with van der Waals surface area (Å²) in [5.41, 5.74) is 1.35. The Morgan fingerprint density at radius 1 is 1.07 bits per heavy atom. The van der Waals surface area contributed by atoms with Gasteiger partial charge in [-0.2, -0.15) is 17.6 Å². The van der Waals surface area contributed by atoms with Crippen LogP contribution in [0.3, 0.4) is 0 Å². The average Bonchev–Trinajstić information content (AvgIpc) is 3.02. The smallest absolute Gasteiger partial charge is 0.387 e. The van der Waals surface area contributed by atoms with E-state index >= 15 is 0 Å². The summed E-state index contributed by atoms with van der Waals surface area (Å²) >= 11 is 1.08. The second-order valence-corrected chi connectivity index (χ2v) is 6.15. The fraction of sp³-hybridized carbons (Fsp3) is 0.176. The summed E-state index contributed by atoms with van der Waals surface area (Å²) < 4.78 is 58.1. The molecule has 0 radical (unpaired) electrons. The molecule has 0 atom stereocenters. The molecule has 0 aliphatic carbocycles. The van der Waals surface area contributed by atoms with Crippen LogP contribution in [0.5, 0.6) is 11.5 Å². The summed E-state index contributed by atoms with van der Waals surface area (Å²) in [5.74, 6) is -1.56. The first kappa shape index (κ1) is 22.0. The van der Waals surface area contributed by atoms with Gasteiger partial charge in [-0.05, 0) is 24.3 Å². The number of rotatable bonds is 8. The molecule has 0 spiro atoms. The van der Waals surface area contributed by atoms with E-state index in [1.165, 1.54) is 0 Å². The number of carbonyl (C=O) groups excluding carboxylic acids is 1. The van der Waals surface area contributed by atoms with E-state index in [0.717, 1.165) is 41.0 Å². The molecule has 3 aromatic rings. The van der Waals surface area contributed by atoms with Gasteiger partial charge in [0.1, 0.15) is 11.5 Å². The van der Waals surface area contributed by atoms with E-state index in [2.05, 4.69) is 19.4 Å². The molecule has 1 N–H and O–H groups in total. The highest BCUT2D eigenvalue weighted by atomic mass is 79.9. The lowest BCUT2D eigenvalue weighted by Crippen LogP contribution is -2.11. The summed E-state index contributed by atoms with van der Waals surface area (Å²) in [4.78, 5) is 19.7. The van der Waals surface area contributed by atoms with Gasteiger partial charge in [0, 0.05) is 6.07 Å². The number of para-hydroxylation sites is 2. The van der Waals surface area contributed by atoms with Gasteiger partial charge in [-0.15, -0.1) is 17.0 Å². The van der Waals surface area contributed by atoms with Gasteiger partial charge >= 0.3 is 13.2 Å². The average molecular weight is 481 g/mol. The number of ether oxygens (including phenoxy) is 2. The van der Waals surface area contributed by atoms with Gasteiger partial charge in [-0.3, -0.25) is 4.79 Å². The van der Waals surface area contributed by atoms with E-state index in [0.29, 0.717) is 5.16 Å². The fourth-order valence-electron chi connectivity index (χ4n) is 2.31. The van der Waals surface area contributed by atoms with Crippen molar-refractivity contribution in [3.05, 3.63) is 48.0 Å². The normalized spacial score (nSPS) is 10.9. The number of hydrogen-bond acceptors (Lipinski definition) is 5. The molecular weight excluding hydrogens is 468 g/mol. The Labute approximate surface area is 171 Å². The first-order valence-corrected chi connectivity index (χ1v) is 8.55. The van der Waals surface area contributed by atoms with Crippen molar-refractivity contribution in [3.63, 3.8) is 0 Å². The number of fused-ring (bicyclic) bond motifs is 1. The SMILES string of the molecule is Br.O=C(CSc1nc2ccccc2[nH]1)c1ccc(OC(F)F)cc1OC(F)F. The van der Waals surface area contributed by atoms with Crippen LogP contribution in [0.25, 0.3) is 11.0 Å².